The fraction of sp³-hybridized carbons (Fsp3) is 0.333. The standard InChI is InChI=1S/C15H16N6O2S/c22-14(13-2-1-8-23-13)19-4-6-20(7-5-19)15-16-17-18-21(15)10-12-3-9-24-11-12/h1-3,8-9,11H,4-7,10H2. The van der Waals surface area contributed by atoms with Gasteiger partial charge in [-0.2, -0.15) is 11.3 Å². The summed E-state index contributed by atoms with van der Waals surface area (Å²) < 4.78 is 6.98. The lowest BCUT2D eigenvalue weighted by atomic mass is 10.3. The first kappa shape index (κ1) is 14.9. The molecule has 1 aliphatic heterocycles. The second kappa shape index (κ2) is 6.44. The molecule has 8 nitrogen and oxygen atoms in total. The number of tetrazole rings is 1. The molecule has 0 atom stereocenters. The maximum absolute atomic E-state index is 12.3. The summed E-state index contributed by atoms with van der Waals surface area (Å²) in [5, 5.41) is 16.2. The molecule has 4 rings (SSSR count). The Labute approximate surface area is 142 Å². The van der Waals surface area contributed by atoms with Gasteiger partial charge in [0.15, 0.2) is 5.76 Å². The second-order valence-corrected chi connectivity index (χ2v) is 6.30. The zero-order valence-electron chi connectivity index (χ0n) is 12.9. The predicted octanol–water partition coefficient (Wildman–Crippen LogP) is 1.34. The topological polar surface area (TPSA) is 80.3 Å². The van der Waals surface area contributed by atoms with Crippen LogP contribution in [0.15, 0.2) is 39.6 Å². The van der Waals surface area contributed by atoms with Crippen LogP contribution in [0.2, 0.25) is 0 Å². The molecule has 1 amide bonds. The summed E-state index contributed by atoms with van der Waals surface area (Å²) in [6, 6.07) is 5.48. The number of anilines is 1. The van der Waals surface area contributed by atoms with Gasteiger partial charge in [0, 0.05) is 26.2 Å². The van der Waals surface area contributed by atoms with Gasteiger partial charge in [0.05, 0.1) is 12.8 Å². The summed E-state index contributed by atoms with van der Waals surface area (Å²) in [5.41, 5.74) is 1.18. The Bertz CT molecular complexity index is 790. The highest BCUT2D eigenvalue weighted by atomic mass is 32.1. The van der Waals surface area contributed by atoms with Gasteiger partial charge in [-0.05, 0) is 44.9 Å². The molecular weight excluding hydrogens is 328 g/mol. The summed E-state index contributed by atoms with van der Waals surface area (Å²) in [5.74, 6) is 1.05. The van der Waals surface area contributed by atoms with Crippen LogP contribution in [0.4, 0.5) is 5.95 Å². The van der Waals surface area contributed by atoms with Gasteiger partial charge in [-0.1, -0.05) is 5.10 Å². The van der Waals surface area contributed by atoms with Crippen molar-refractivity contribution >= 4 is 23.2 Å². The van der Waals surface area contributed by atoms with Crippen LogP contribution in [0.5, 0.6) is 0 Å². The molecule has 0 spiro atoms. The number of carbonyl (C=O) groups is 1. The third kappa shape index (κ3) is 2.90. The second-order valence-electron chi connectivity index (χ2n) is 5.52. The van der Waals surface area contributed by atoms with Gasteiger partial charge in [0.1, 0.15) is 0 Å². The van der Waals surface area contributed by atoms with Gasteiger partial charge >= 0.3 is 0 Å². The molecule has 1 aliphatic rings. The van der Waals surface area contributed by atoms with Crippen LogP contribution in [0.25, 0.3) is 0 Å². The predicted molar refractivity (Wildman–Crippen MR) is 88.1 cm³/mol. The number of hydrogen-bond acceptors (Lipinski definition) is 7. The van der Waals surface area contributed by atoms with Crippen LogP contribution >= 0.6 is 11.3 Å². The average Bonchev–Trinajstić information content (AvgIpc) is 3.37. The molecule has 0 N–H and O–H groups in total. The molecule has 24 heavy (non-hydrogen) atoms. The van der Waals surface area contributed by atoms with E-state index in [9.17, 15) is 4.79 Å². The highest BCUT2D eigenvalue weighted by molar-refractivity contribution is 7.07. The van der Waals surface area contributed by atoms with Crippen LogP contribution < -0.4 is 4.90 Å². The molecular formula is C15H16N6O2S. The van der Waals surface area contributed by atoms with E-state index >= 15 is 0 Å². The Balaban J connectivity index is 1.41. The fourth-order valence-electron chi connectivity index (χ4n) is 2.75. The first-order valence-corrected chi connectivity index (χ1v) is 8.60. The average molecular weight is 344 g/mol. The van der Waals surface area contributed by atoms with Crippen molar-refractivity contribution in [1.82, 2.24) is 25.1 Å². The van der Waals surface area contributed by atoms with E-state index in [1.165, 1.54) is 11.8 Å². The van der Waals surface area contributed by atoms with E-state index in [4.69, 9.17) is 4.42 Å². The van der Waals surface area contributed by atoms with Gasteiger partial charge in [-0.15, -0.1) is 0 Å². The van der Waals surface area contributed by atoms with Crippen LogP contribution in [-0.4, -0.2) is 57.2 Å². The monoisotopic (exact) mass is 344 g/mol. The Morgan fingerprint density at radius 3 is 2.83 bits per heavy atom. The molecule has 0 saturated carbocycles. The largest absolute Gasteiger partial charge is 0.459 e. The van der Waals surface area contributed by atoms with Gasteiger partial charge in [-0.25, -0.2) is 4.68 Å². The summed E-state index contributed by atoms with van der Waals surface area (Å²) in [6.45, 7) is 3.26. The minimum absolute atomic E-state index is 0.0717. The molecule has 124 valence electrons. The zero-order valence-corrected chi connectivity index (χ0v) is 13.7. The van der Waals surface area contributed by atoms with Crippen molar-refractivity contribution < 1.29 is 9.21 Å². The number of piperazine rings is 1. The number of furan rings is 1. The van der Waals surface area contributed by atoms with Gasteiger partial charge < -0.3 is 14.2 Å². The fourth-order valence-corrected chi connectivity index (χ4v) is 3.41. The number of nitrogens with zero attached hydrogens (tertiary/aromatic N) is 6. The number of carbonyl (C=O) groups excluding carboxylic acids is 1. The number of aromatic nitrogens is 4. The summed E-state index contributed by atoms with van der Waals surface area (Å²) in [4.78, 5) is 16.2. The van der Waals surface area contributed by atoms with Crippen molar-refractivity contribution in [1.29, 1.82) is 0 Å². The van der Waals surface area contributed by atoms with Crippen LogP contribution in [0.3, 0.4) is 0 Å². The summed E-state index contributed by atoms with van der Waals surface area (Å²) >= 11 is 1.66. The van der Waals surface area contributed by atoms with E-state index in [2.05, 4.69) is 31.9 Å². The Morgan fingerprint density at radius 1 is 1.25 bits per heavy atom. The van der Waals surface area contributed by atoms with E-state index in [1.807, 2.05) is 5.38 Å². The maximum atomic E-state index is 12.3. The number of thiophene rings is 1. The molecule has 3 aromatic rings. The van der Waals surface area contributed by atoms with Crippen molar-refractivity contribution in [3.05, 3.63) is 46.5 Å². The molecule has 0 aromatic carbocycles. The molecule has 0 aliphatic carbocycles. The highest BCUT2D eigenvalue weighted by Crippen LogP contribution is 2.16. The van der Waals surface area contributed by atoms with Crippen molar-refractivity contribution in [3.8, 4) is 0 Å². The molecule has 0 unspecified atom stereocenters. The van der Waals surface area contributed by atoms with Crippen molar-refractivity contribution in [2.75, 3.05) is 31.1 Å². The lowest BCUT2D eigenvalue weighted by Gasteiger charge is -2.34. The van der Waals surface area contributed by atoms with E-state index in [-0.39, 0.29) is 5.91 Å². The SMILES string of the molecule is O=C(c1ccco1)N1CCN(c2nnnn2Cc2ccsc2)CC1. The Morgan fingerprint density at radius 2 is 2.12 bits per heavy atom. The highest BCUT2D eigenvalue weighted by Gasteiger charge is 2.26. The van der Waals surface area contributed by atoms with Gasteiger partial charge in [-0.3, -0.25) is 4.79 Å². The molecule has 3 aromatic heterocycles. The molecule has 0 bridgehead atoms. The number of rotatable bonds is 4. The molecule has 0 radical (unpaired) electrons. The third-order valence-corrected chi connectivity index (χ3v) is 4.74. The molecule has 1 fully saturated rings. The van der Waals surface area contributed by atoms with Crippen LogP contribution in [0, 0.1) is 0 Å². The lowest BCUT2D eigenvalue weighted by Crippen LogP contribution is -2.49. The van der Waals surface area contributed by atoms with Crippen molar-refractivity contribution in [2.24, 2.45) is 0 Å². The minimum Gasteiger partial charge on any atom is -0.459 e. The normalized spacial score (nSPS) is 15.0. The van der Waals surface area contributed by atoms with Crippen LogP contribution in [0.1, 0.15) is 16.1 Å². The molecule has 1 saturated heterocycles. The van der Waals surface area contributed by atoms with E-state index in [0.29, 0.717) is 38.5 Å². The number of hydrogen-bond donors (Lipinski definition) is 0. The summed E-state index contributed by atoms with van der Waals surface area (Å²) in [7, 11) is 0. The first-order valence-electron chi connectivity index (χ1n) is 7.66. The molecule has 9 heteroatoms. The van der Waals surface area contributed by atoms with Crippen molar-refractivity contribution in [2.45, 2.75) is 6.54 Å². The quantitative estimate of drug-likeness (QED) is 0.710. The summed E-state index contributed by atoms with van der Waals surface area (Å²) in [6.07, 6.45) is 1.52. The minimum atomic E-state index is -0.0717. The Kier molecular flexibility index (Phi) is 3.99. The van der Waals surface area contributed by atoms with Gasteiger partial charge in [0.2, 0.25) is 5.95 Å². The van der Waals surface area contributed by atoms with E-state index < -0.39 is 0 Å². The zero-order chi connectivity index (χ0) is 16.4. The number of amides is 1. The third-order valence-electron chi connectivity index (χ3n) is 4.01. The van der Waals surface area contributed by atoms with Gasteiger partial charge in [0.25, 0.3) is 5.91 Å². The van der Waals surface area contributed by atoms with Crippen molar-refractivity contribution in [3.63, 3.8) is 0 Å². The smallest absolute Gasteiger partial charge is 0.289 e. The first-order chi connectivity index (χ1) is 11.8. The van der Waals surface area contributed by atoms with E-state index in [0.717, 1.165) is 5.95 Å². The van der Waals surface area contributed by atoms with E-state index in [1.54, 1.807) is 33.1 Å². The lowest BCUT2D eigenvalue weighted by molar-refractivity contribution is 0.0714. The Hall–Kier alpha value is -2.68. The molecule has 4 heterocycles. The van der Waals surface area contributed by atoms with Crippen LogP contribution in [-0.2, 0) is 6.54 Å². The maximum Gasteiger partial charge on any atom is 0.289 e.